The highest BCUT2D eigenvalue weighted by Gasteiger charge is 2.19. The number of unbranched alkanes of at least 4 members (excludes halogenated alkanes) is 12. The van der Waals surface area contributed by atoms with Gasteiger partial charge in [-0.15, -0.1) is 0 Å². The number of rotatable bonds is 41. The Bertz CT molecular complexity index is 1400. The van der Waals surface area contributed by atoms with Gasteiger partial charge in [0.05, 0.1) is 0 Å². The van der Waals surface area contributed by atoms with Crippen LogP contribution >= 0.6 is 0 Å². The van der Waals surface area contributed by atoms with E-state index in [1.807, 2.05) is 48.6 Å². The SMILES string of the molecule is CC\C=C/C=C\C=C/C=C\C=C/CCCCCC(=O)OC(COC(=O)CCC/C=C\C/C=C\C/C=C\C/C=C\CCCCC)COC(=O)CCCCCCC/C=C\C/C=C\CC. The Morgan fingerprint density at radius 3 is 1.26 bits per heavy atom. The molecule has 6 nitrogen and oxygen atoms in total. The third kappa shape index (κ3) is 46.6. The maximum Gasteiger partial charge on any atom is 0.306 e. The normalized spacial score (nSPS) is 13.3. The molecule has 0 bridgehead atoms. The van der Waals surface area contributed by atoms with Crippen LogP contribution in [0.3, 0.4) is 0 Å². The average Bonchev–Trinajstić information content (AvgIpc) is 3.27. The van der Waals surface area contributed by atoms with Crippen molar-refractivity contribution in [3.63, 3.8) is 0 Å². The van der Waals surface area contributed by atoms with Crippen LogP contribution in [0.5, 0.6) is 0 Å². The van der Waals surface area contributed by atoms with Crippen molar-refractivity contribution in [3.8, 4) is 0 Å². The largest absolute Gasteiger partial charge is 0.462 e. The fourth-order valence-corrected chi connectivity index (χ4v) is 5.90. The fourth-order valence-electron chi connectivity index (χ4n) is 5.90. The van der Waals surface area contributed by atoms with Crippen LogP contribution in [0.25, 0.3) is 0 Å². The number of allylic oxidation sites excluding steroid dienone is 22. The first kappa shape index (κ1) is 57.5. The molecule has 1 atom stereocenters. The highest BCUT2D eigenvalue weighted by molar-refractivity contribution is 5.71. The summed E-state index contributed by atoms with van der Waals surface area (Å²) in [4.78, 5) is 37.9. The maximum absolute atomic E-state index is 12.8. The molecule has 1 unspecified atom stereocenters. The molecule has 0 aromatic rings. The van der Waals surface area contributed by atoms with Crippen molar-refractivity contribution >= 4 is 17.9 Å². The lowest BCUT2D eigenvalue weighted by atomic mass is 10.1. The van der Waals surface area contributed by atoms with Crippen molar-refractivity contribution in [1.82, 2.24) is 0 Å². The molecule has 0 saturated heterocycles. The molecular weight excluding hydrogens is 769 g/mol. The first-order valence-corrected chi connectivity index (χ1v) is 24.3. The quantitative estimate of drug-likeness (QED) is 0.0200. The van der Waals surface area contributed by atoms with Crippen molar-refractivity contribution < 1.29 is 28.6 Å². The van der Waals surface area contributed by atoms with Crippen LogP contribution in [0, 0.1) is 0 Å². The predicted molar refractivity (Wildman–Crippen MR) is 265 cm³/mol. The monoisotopic (exact) mass is 855 g/mol. The highest BCUT2D eigenvalue weighted by atomic mass is 16.6. The Morgan fingerprint density at radius 1 is 0.355 bits per heavy atom. The molecule has 0 aliphatic carbocycles. The zero-order valence-electron chi connectivity index (χ0n) is 39.3. The second-order valence-corrected chi connectivity index (χ2v) is 15.4. The second kappa shape index (κ2) is 49.2. The van der Waals surface area contributed by atoms with Gasteiger partial charge in [0.1, 0.15) is 13.2 Å². The average molecular weight is 855 g/mol. The van der Waals surface area contributed by atoms with E-state index in [0.717, 1.165) is 103 Å². The molecular formula is C56H86O6. The third-order valence-corrected chi connectivity index (χ3v) is 9.50. The second-order valence-electron chi connectivity index (χ2n) is 15.4. The van der Waals surface area contributed by atoms with E-state index in [-0.39, 0.29) is 44.0 Å². The predicted octanol–water partition coefficient (Wildman–Crippen LogP) is 15.9. The Balaban J connectivity index is 4.60. The molecule has 0 aromatic carbocycles. The molecule has 0 rings (SSSR count). The van der Waals surface area contributed by atoms with Gasteiger partial charge < -0.3 is 14.2 Å². The molecule has 0 saturated carbocycles. The minimum atomic E-state index is -0.832. The molecule has 6 heteroatoms. The van der Waals surface area contributed by atoms with Gasteiger partial charge in [0.25, 0.3) is 0 Å². The van der Waals surface area contributed by atoms with Crippen LogP contribution in [0.2, 0.25) is 0 Å². The van der Waals surface area contributed by atoms with E-state index in [1.54, 1.807) is 0 Å². The zero-order chi connectivity index (χ0) is 45.1. The van der Waals surface area contributed by atoms with Crippen molar-refractivity contribution in [2.75, 3.05) is 13.2 Å². The van der Waals surface area contributed by atoms with Gasteiger partial charge in [-0.2, -0.15) is 0 Å². The fraction of sp³-hybridized carbons (Fsp3) is 0.554. The number of carbonyl (C=O) groups is 3. The minimum Gasteiger partial charge on any atom is -0.462 e. The smallest absolute Gasteiger partial charge is 0.306 e. The molecule has 0 fully saturated rings. The summed E-state index contributed by atoms with van der Waals surface area (Å²) in [6.45, 7) is 6.22. The summed E-state index contributed by atoms with van der Waals surface area (Å²) in [5, 5.41) is 0. The van der Waals surface area contributed by atoms with Gasteiger partial charge in [-0.3, -0.25) is 14.4 Å². The van der Waals surface area contributed by atoms with Crippen molar-refractivity contribution in [1.29, 1.82) is 0 Å². The lowest BCUT2D eigenvalue weighted by molar-refractivity contribution is -0.167. The van der Waals surface area contributed by atoms with Crippen molar-refractivity contribution in [2.24, 2.45) is 0 Å². The molecule has 0 aliphatic rings. The summed E-state index contributed by atoms with van der Waals surface area (Å²) < 4.78 is 16.7. The lowest BCUT2D eigenvalue weighted by Gasteiger charge is -2.18. The molecule has 0 N–H and O–H groups in total. The Hall–Kier alpha value is -4.45. The Kier molecular flexibility index (Phi) is 45.7. The molecule has 0 aliphatic heterocycles. The molecule has 62 heavy (non-hydrogen) atoms. The van der Waals surface area contributed by atoms with Crippen LogP contribution in [-0.2, 0) is 28.6 Å². The number of ether oxygens (including phenoxy) is 3. The minimum absolute atomic E-state index is 0.125. The van der Waals surface area contributed by atoms with Gasteiger partial charge >= 0.3 is 17.9 Å². The van der Waals surface area contributed by atoms with E-state index in [0.29, 0.717) is 19.3 Å². The molecule has 0 heterocycles. The standard InChI is InChI=1S/C56H86O6/c1-4-7-10-13-16-19-22-25-27-28-30-31-34-37-40-43-46-49-55(58)61-52-53(51-60-54(57)48-45-42-39-36-33-24-21-18-15-12-9-6-3)62-56(59)50-47-44-41-38-35-32-29-26-23-20-17-14-11-8-5-2/h8-9,11-12,14,16-21,23,25-27,29-32,35,37,40,53H,4-7,10,13,15,22,24,28,33-34,36,38-39,41-52H2,1-3H3/b11-8-,12-9-,17-14-,19-16-,21-18-,23-20-,27-25-,29-26-,31-30-,35-32-,40-37-. The van der Waals surface area contributed by atoms with Gasteiger partial charge in [0, 0.05) is 19.3 Å². The summed E-state index contributed by atoms with van der Waals surface area (Å²) in [5.74, 6) is -1.05. The third-order valence-electron chi connectivity index (χ3n) is 9.50. The van der Waals surface area contributed by atoms with E-state index in [1.165, 1.54) is 25.7 Å². The van der Waals surface area contributed by atoms with Crippen molar-refractivity contribution in [3.05, 3.63) is 134 Å². The van der Waals surface area contributed by atoms with E-state index >= 15 is 0 Å². The van der Waals surface area contributed by atoms with Gasteiger partial charge in [-0.25, -0.2) is 0 Å². The van der Waals surface area contributed by atoms with Crippen LogP contribution in [0.15, 0.2) is 134 Å². The Morgan fingerprint density at radius 2 is 0.726 bits per heavy atom. The molecule has 0 radical (unpaired) electrons. The van der Waals surface area contributed by atoms with Crippen molar-refractivity contribution in [2.45, 2.75) is 187 Å². The molecule has 0 spiro atoms. The van der Waals surface area contributed by atoms with E-state index < -0.39 is 6.10 Å². The van der Waals surface area contributed by atoms with Gasteiger partial charge in [-0.1, -0.05) is 193 Å². The number of hydrogen-bond donors (Lipinski definition) is 0. The topological polar surface area (TPSA) is 78.9 Å². The summed E-state index contributed by atoms with van der Waals surface area (Å²) in [5.41, 5.74) is 0. The molecule has 0 amide bonds. The van der Waals surface area contributed by atoms with E-state index in [9.17, 15) is 14.4 Å². The Labute approximate surface area is 379 Å². The van der Waals surface area contributed by atoms with Gasteiger partial charge in [-0.05, 0) is 103 Å². The number of esters is 3. The lowest BCUT2D eigenvalue weighted by Crippen LogP contribution is -2.30. The van der Waals surface area contributed by atoms with Crippen LogP contribution < -0.4 is 0 Å². The van der Waals surface area contributed by atoms with E-state index in [2.05, 4.69) is 106 Å². The van der Waals surface area contributed by atoms with E-state index in [4.69, 9.17) is 14.2 Å². The zero-order valence-corrected chi connectivity index (χ0v) is 39.3. The summed E-state index contributed by atoms with van der Waals surface area (Å²) in [6, 6.07) is 0. The van der Waals surface area contributed by atoms with Gasteiger partial charge in [0.2, 0.25) is 0 Å². The first-order valence-electron chi connectivity index (χ1n) is 24.3. The molecule has 0 aromatic heterocycles. The summed E-state index contributed by atoms with van der Waals surface area (Å²) in [6.07, 6.45) is 68.7. The van der Waals surface area contributed by atoms with Gasteiger partial charge in [0.15, 0.2) is 6.10 Å². The van der Waals surface area contributed by atoms with Crippen LogP contribution in [-0.4, -0.2) is 37.2 Å². The maximum atomic E-state index is 12.8. The van der Waals surface area contributed by atoms with Crippen LogP contribution in [0.4, 0.5) is 0 Å². The number of hydrogen-bond acceptors (Lipinski definition) is 6. The van der Waals surface area contributed by atoms with Crippen LogP contribution in [0.1, 0.15) is 181 Å². The molecule has 346 valence electrons. The first-order chi connectivity index (χ1) is 30.5. The number of carbonyl (C=O) groups excluding carboxylic acids is 3. The highest BCUT2D eigenvalue weighted by Crippen LogP contribution is 2.11. The summed E-state index contributed by atoms with van der Waals surface area (Å²) in [7, 11) is 0. The summed E-state index contributed by atoms with van der Waals surface area (Å²) >= 11 is 0.